The van der Waals surface area contributed by atoms with Gasteiger partial charge in [-0.2, -0.15) is 4.72 Å². The van der Waals surface area contributed by atoms with Gasteiger partial charge in [0.2, 0.25) is 16.6 Å². The summed E-state index contributed by atoms with van der Waals surface area (Å²) < 4.78 is 41.5. The van der Waals surface area contributed by atoms with Crippen molar-refractivity contribution in [3.8, 4) is 0 Å². The van der Waals surface area contributed by atoms with Crippen molar-refractivity contribution in [1.29, 1.82) is 0 Å². The fourth-order valence-electron chi connectivity index (χ4n) is 2.41. The molecule has 0 spiro atoms. The van der Waals surface area contributed by atoms with Gasteiger partial charge in [0, 0.05) is 10.5 Å². The molecule has 0 aliphatic heterocycles. The highest BCUT2D eigenvalue weighted by Gasteiger charge is 2.39. The Balaban J connectivity index is 2.48. The van der Waals surface area contributed by atoms with Crippen LogP contribution in [-0.4, -0.2) is 19.9 Å². The van der Waals surface area contributed by atoms with E-state index in [0.717, 1.165) is 11.6 Å². The molecule has 2 aromatic carbocycles. The minimum atomic E-state index is -4.07. The van der Waals surface area contributed by atoms with Gasteiger partial charge in [-0.15, -0.1) is 0 Å². The molecule has 0 heterocycles. The number of halogens is 1. The van der Waals surface area contributed by atoms with Gasteiger partial charge in [-0.05, 0) is 32.0 Å². The molecule has 0 saturated carbocycles. The molecule has 0 unspecified atom stereocenters. The highest BCUT2D eigenvalue weighted by molar-refractivity contribution is 7.89. The third kappa shape index (κ3) is 3.95. The Hall–Kier alpha value is -2.32. The van der Waals surface area contributed by atoms with Gasteiger partial charge in [0.25, 0.3) is 0 Å². The normalized spacial score (nSPS) is 14.1. The van der Waals surface area contributed by atoms with Crippen molar-refractivity contribution in [3.05, 3.63) is 75.6 Å². The maximum absolute atomic E-state index is 14.1. The van der Waals surface area contributed by atoms with E-state index in [4.69, 9.17) is 0 Å². The Morgan fingerprint density at radius 3 is 2.29 bits per heavy atom. The highest BCUT2D eigenvalue weighted by Crippen LogP contribution is 2.26. The minimum Gasteiger partial charge on any atom is -0.264 e. The highest BCUT2D eigenvalue weighted by atomic mass is 32.2. The monoisotopic (exact) mass is 352 g/mol. The van der Waals surface area contributed by atoms with Crippen LogP contribution in [-0.2, 0) is 15.6 Å². The van der Waals surface area contributed by atoms with E-state index in [2.05, 4.69) is 4.72 Å². The summed E-state index contributed by atoms with van der Waals surface area (Å²) in [6, 6.07) is 11.4. The first-order valence-electron chi connectivity index (χ1n) is 7.11. The number of nitro groups is 1. The fraction of sp³-hybridized carbons (Fsp3) is 0.250. The number of nitrogens with zero attached hydrogens (tertiary/aromatic N) is 1. The lowest BCUT2D eigenvalue weighted by atomic mass is 9.93. The molecule has 0 aliphatic carbocycles. The topological polar surface area (TPSA) is 89.3 Å². The summed E-state index contributed by atoms with van der Waals surface area (Å²) in [7, 11) is -4.07. The van der Waals surface area contributed by atoms with E-state index in [9.17, 15) is 22.9 Å². The summed E-state index contributed by atoms with van der Waals surface area (Å²) in [5.74, 6) is -0.714. The third-order valence-electron chi connectivity index (χ3n) is 3.60. The summed E-state index contributed by atoms with van der Waals surface area (Å²) in [6.45, 7) is 2.30. The molecule has 0 amide bonds. The summed E-state index contributed by atoms with van der Waals surface area (Å²) in [6.07, 6.45) is 0. The second-order valence-corrected chi connectivity index (χ2v) is 7.40. The van der Waals surface area contributed by atoms with Gasteiger partial charge < -0.3 is 0 Å². The zero-order valence-electron chi connectivity index (χ0n) is 13.2. The molecule has 24 heavy (non-hydrogen) atoms. The molecule has 0 saturated heterocycles. The molecule has 8 heteroatoms. The fourth-order valence-corrected chi connectivity index (χ4v) is 3.79. The van der Waals surface area contributed by atoms with Crippen LogP contribution < -0.4 is 4.72 Å². The van der Waals surface area contributed by atoms with E-state index in [1.54, 1.807) is 19.1 Å². The van der Waals surface area contributed by atoms with Gasteiger partial charge in [0.05, 0.1) is 4.90 Å². The van der Waals surface area contributed by atoms with Crippen LogP contribution in [0.15, 0.2) is 53.4 Å². The van der Waals surface area contributed by atoms with Crippen LogP contribution >= 0.6 is 0 Å². The molecule has 1 N–H and O–H groups in total. The lowest BCUT2D eigenvalue weighted by Crippen LogP contribution is -2.48. The Bertz CT molecular complexity index is 853. The smallest absolute Gasteiger partial charge is 0.241 e. The number of benzene rings is 2. The van der Waals surface area contributed by atoms with Crippen molar-refractivity contribution < 1.29 is 17.7 Å². The number of aryl methyl sites for hydroxylation is 1. The van der Waals surface area contributed by atoms with E-state index < -0.39 is 32.8 Å². The lowest BCUT2D eigenvalue weighted by Gasteiger charge is -2.27. The van der Waals surface area contributed by atoms with Crippen molar-refractivity contribution >= 4 is 10.0 Å². The molecule has 0 aliphatic rings. The zero-order chi connectivity index (χ0) is 18.0. The summed E-state index contributed by atoms with van der Waals surface area (Å²) >= 11 is 0. The largest absolute Gasteiger partial charge is 0.264 e. The second-order valence-electron chi connectivity index (χ2n) is 5.72. The van der Waals surface area contributed by atoms with Gasteiger partial charge in [0.1, 0.15) is 11.4 Å². The molecule has 0 fully saturated rings. The van der Waals surface area contributed by atoms with Gasteiger partial charge in [0.15, 0.2) is 0 Å². The molecule has 1 atom stereocenters. The van der Waals surface area contributed by atoms with Crippen LogP contribution in [0.5, 0.6) is 0 Å². The summed E-state index contributed by atoms with van der Waals surface area (Å²) in [5, 5.41) is 11.0. The van der Waals surface area contributed by atoms with E-state index in [-0.39, 0.29) is 10.5 Å². The van der Waals surface area contributed by atoms with Crippen molar-refractivity contribution in [2.75, 3.05) is 6.54 Å². The average Bonchev–Trinajstić information content (AvgIpc) is 2.46. The Labute approximate surface area is 139 Å². The van der Waals surface area contributed by atoms with Crippen molar-refractivity contribution in [2.24, 2.45) is 0 Å². The van der Waals surface area contributed by atoms with Crippen LogP contribution in [0.4, 0.5) is 4.39 Å². The molecule has 0 aromatic heterocycles. The molecular weight excluding hydrogens is 335 g/mol. The van der Waals surface area contributed by atoms with E-state index in [1.807, 2.05) is 0 Å². The first-order valence-corrected chi connectivity index (χ1v) is 8.60. The Morgan fingerprint density at radius 1 is 1.17 bits per heavy atom. The Kier molecular flexibility index (Phi) is 5.00. The van der Waals surface area contributed by atoms with Gasteiger partial charge in [-0.25, -0.2) is 12.8 Å². The standard InChI is InChI=1S/C16H17FN2O4S/c1-12-7-9-13(10-8-12)24(22,23)18-16(2,11-19(20)21)14-5-3-4-6-15(14)17/h3-10,18H,11H2,1-2H3/t16-/m1/s1. The van der Waals surface area contributed by atoms with Crippen LogP contribution in [0, 0.1) is 22.9 Å². The first-order chi connectivity index (χ1) is 11.1. The molecule has 0 radical (unpaired) electrons. The van der Waals surface area contributed by atoms with Gasteiger partial charge in [-0.3, -0.25) is 10.1 Å². The minimum absolute atomic E-state index is 0.0426. The molecule has 0 bridgehead atoms. The molecule has 2 rings (SSSR count). The number of hydrogen-bond acceptors (Lipinski definition) is 4. The van der Waals surface area contributed by atoms with Gasteiger partial charge in [-0.1, -0.05) is 35.9 Å². The third-order valence-corrected chi connectivity index (χ3v) is 5.22. The van der Waals surface area contributed by atoms with Gasteiger partial charge >= 0.3 is 0 Å². The average molecular weight is 352 g/mol. The molecule has 6 nitrogen and oxygen atoms in total. The predicted octanol–water partition coefficient (Wildman–Crippen LogP) is 2.60. The molecule has 128 valence electrons. The predicted molar refractivity (Wildman–Crippen MR) is 87.1 cm³/mol. The van der Waals surface area contributed by atoms with Crippen molar-refractivity contribution in [3.63, 3.8) is 0 Å². The van der Waals surface area contributed by atoms with E-state index in [0.29, 0.717) is 0 Å². The van der Waals surface area contributed by atoms with E-state index >= 15 is 0 Å². The second kappa shape index (κ2) is 6.66. The van der Waals surface area contributed by atoms with Crippen LogP contribution in [0.25, 0.3) is 0 Å². The first kappa shape index (κ1) is 18.0. The number of hydrogen-bond donors (Lipinski definition) is 1. The van der Waals surface area contributed by atoms with Crippen LogP contribution in [0.2, 0.25) is 0 Å². The zero-order valence-corrected chi connectivity index (χ0v) is 14.0. The summed E-state index contributed by atoms with van der Waals surface area (Å²) in [4.78, 5) is 10.3. The van der Waals surface area contributed by atoms with Crippen LogP contribution in [0.3, 0.4) is 0 Å². The molecular formula is C16H17FN2O4S. The van der Waals surface area contributed by atoms with Crippen molar-refractivity contribution in [2.45, 2.75) is 24.3 Å². The number of rotatable bonds is 6. The van der Waals surface area contributed by atoms with E-state index in [1.165, 1.54) is 37.3 Å². The maximum Gasteiger partial charge on any atom is 0.241 e. The SMILES string of the molecule is Cc1ccc(S(=O)(=O)N[C@](C)(C[N+](=O)[O-])c2ccccc2F)cc1. The maximum atomic E-state index is 14.1. The van der Waals surface area contributed by atoms with Crippen molar-refractivity contribution in [1.82, 2.24) is 4.72 Å². The van der Waals surface area contributed by atoms with Crippen LogP contribution in [0.1, 0.15) is 18.1 Å². The number of nitrogens with one attached hydrogen (secondary N) is 1. The number of sulfonamides is 1. The summed E-state index contributed by atoms with van der Waals surface area (Å²) in [5.41, 5.74) is -0.938. The molecule has 2 aromatic rings. The quantitative estimate of drug-likeness (QED) is 0.639. The Morgan fingerprint density at radius 2 is 1.75 bits per heavy atom. The lowest BCUT2D eigenvalue weighted by molar-refractivity contribution is -0.491.